The van der Waals surface area contributed by atoms with E-state index in [4.69, 9.17) is 10.5 Å². The normalized spacial score (nSPS) is 25.3. The predicted molar refractivity (Wildman–Crippen MR) is 168 cm³/mol. The number of esters is 1. The second kappa shape index (κ2) is 11.5. The van der Waals surface area contributed by atoms with Crippen LogP contribution in [0.3, 0.4) is 0 Å². The highest BCUT2D eigenvalue weighted by Crippen LogP contribution is 2.56. The van der Waals surface area contributed by atoms with E-state index in [1.165, 1.54) is 6.92 Å². The second-order valence-corrected chi connectivity index (χ2v) is 12.4. The molecule has 3 aromatic rings. The molecule has 5 atom stereocenters. The van der Waals surface area contributed by atoms with Crippen molar-refractivity contribution >= 4 is 45.8 Å². The molecule has 0 saturated heterocycles. The Hall–Kier alpha value is -5.29. The van der Waals surface area contributed by atoms with Gasteiger partial charge < -0.3 is 30.9 Å². The monoisotopic (exact) mass is 639 g/mol. The van der Waals surface area contributed by atoms with Crippen LogP contribution in [0.4, 0.5) is 0 Å². The van der Waals surface area contributed by atoms with E-state index in [2.05, 4.69) is 0 Å². The number of carbonyl (C=O) groups is 5. The number of phenolic OH excluding ortho intramolecular Hbond substituents is 1. The summed E-state index contributed by atoms with van der Waals surface area (Å²) in [5.41, 5.74) is 2.14. The van der Waals surface area contributed by atoms with E-state index in [0.717, 1.165) is 16.3 Å². The van der Waals surface area contributed by atoms with E-state index in [1.54, 1.807) is 19.1 Å². The number of hydrogen-bond donors (Lipinski definition) is 5. The minimum Gasteiger partial charge on any atom is -0.508 e. The van der Waals surface area contributed by atoms with Crippen LogP contribution in [-0.2, 0) is 41.6 Å². The first kappa shape index (κ1) is 31.7. The van der Waals surface area contributed by atoms with Crippen molar-refractivity contribution in [3.8, 4) is 5.75 Å². The van der Waals surface area contributed by atoms with Crippen molar-refractivity contribution in [1.29, 1.82) is 0 Å². The van der Waals surface area contributed by atoms with Gasteiger partial charge in [-0.3, -0.25) is 24.0 Å². The van der Waals surface area contributed by atoms with Crippen molar-refractivity contribution in [2.24, 2.45) is 17.6 Å². The summed E-state index contributed by atoms with van der Waals surface area (Å²) in [5, 5.41) is 47.9. The van der Waals surface area contributed by atoms with E-state index in [-0.39, 0.29) is 36.2 Å². The molecule has 6 N–H and O–H groups in total. The number of carbonyl (C=O) groups excluding carboxylic acids is 5. The Kier molecular flexibility index (Phi) is 7.75. The van der Waals surface area contributed by atoms with Gasteiger partial charge in [0.15, 0.2) is 11.4 Å². The molecule has 0 heterocycles. The van der Waals surface area contributed by atoms with Crippen LogP contribution >= 0.6 is 0 Å². The summed E-state index contributed by atoms with van der Waals surface area (Å²) in [4.78, 5) is 65.0. The molecule has 3 aliphatic rings. The maximum Gasteiger partial charge on any atom is 0.305 e. The quantitative estimate of drug-likeness (QED) is 0.188. The van der Waals surface area contributed by atoms with Crippen LogP contribution in [0, 0.1) is 11.8 Å². The van der Waals surface area contributed by atoms with Gasteiger partial charge in [0.2, 0.25) is 5.78 Å². The first-order chi connectivity index (χ1) is 22.3. The molecule has 0 aliphatic heterocycles. The molecular formula is C36H33NO10. The number of Topliss-reactive ketones (excluding diaryl/α,β-unsaturated/α-hetero) is 3. The third kappa shape index (κ3) is 4.80. The van der Waals surface area contributed by atoms with Crippen LogP contribution in [0.2, 0.25) is 0 Å². The van der Waals surface area contributed by atoms with E-state index in [1.807, 2.05) is 42.5 Å². The van der Waals surface area contributed by atoms with Gasteiger partial charge in [0, 0.05) is 48.7 Å². The first-order valence-corrected chi connectivity index (χ1v) is 15.3. The van der Waals surface area contributed by atoms with Crippen molar-refractivity contribution < 1.29 is 49.1 Å². The van der Waals surface area contributed by atoms with E-state index >= 15 is 0 Å². The van der Waals surface area contributed by atoms with Crippen LogP contribution in [0.25, 0.3) is 16.5 Å². The number of amides is 1. The predicted octanol–water partition coefficient (Wildman–Crippen LogP) is 3.42. The van der Waals surface area contributed by atoms with Gasteiger partial charge in [-0.15, -0.1) is 0 Å². The number of primary amides is 1. The molecule has 0 spiro atoms. The van der Waals surface area contributed by atoms with Crippen LogP contribution < -0.4 is 5.73 Å². The number of benzene rings is 3. The Morgan fingerprint density at radius 3 is 2.34 bits per heavy atom. The minimum atomic E-state index is -2.95. The molecule has 3 aromatic carbocycles. The van der Waals surface area contributed by atoms with Crippen LogP contribution in [0.5, 0.6) is 5.75 Å². The molecule has 3 aliphatic carbocycles. The largest absolute Gasteiger partial charge is 0.508 e. The van der Waals surface area contributed by atoms with Gasteiger partial charge in [0.05, 0.1) is 5.56 Å². The Bertz CT molecular complexity index is 1970. The molecule has 0 radical (unpaired) electrons. The SMILES string of the molecule is CCC(=O)OC1C2C(=C(O)c3c(ccc(CC(=O)Cc4cccc5ccccc45)c3O)C2C)C(=O)C2(O)C(O)=C(C(N)=O)C(=O)CC12. The zero-order valence-electron chi connectivity index (χ0n) is 25.6. The highest BCUT2D eigenvalue weighted by atomic mass is 16.5. The number of hydrogen-bond acceptors (Lipinski definition) is 10. The van der Waals surface area contributed by atoms with E-state index in [9.17, 15) is 44.4 Å². The first-order valence-electron chi connectivity index (χ1n) is 15.3. The summed E-state index contributed by atoms with van der Waals surface area (Å²) < 4.78 is 5.71. The van der Waals surface area contributed by atoms with E-state index < -0.39 is 87.7 Å². The number of aliphatic hydroxyl groups is 3. The standard InChI is InChI=1S/C36H33NO10/c1-3-25(40)47-32-23-15-24(39)28(35(37)45)33(43)36(23,46)34(44)29-26(32)16(2)21-12-11-19(30(41)27(21)31(29)42)14-20(38)13-18-9-6-8-17-7-4-5-10-22(17)18/h4-12,16,23,26,32,41-43,46H,3,13-15H2,1-2H3,(H2,37,45). The van der Waals surface area contributed by atoms with Crippen molar-refractivity contribution in [2.75, 3.05) is 0 Å². The number of phenols is 1. The fourth-order valence-corrected chi connectivity index (χ4v) is 7.48. The lowest BCUT2D eigenvalue weighted by molar-refractivity contribution is -0.178. The van der Waals surface area contributed by atoms with Crippen molar-refractivity contribution in [3.05, 3.63) is 93.8 Å². The smallest absolute Gasteiger partial charge is 0.305 e. The summed E-state index contributed by atoms with van der Waals surface area (Å²) in [5.74, 6) is -10.3. The summed E-state index contributed by atoms with van der Waals surface area (Å²) in [7, 11) is 0. The fraction of sp³-hybridized carbons (Fsp3) is 0.306. The lowest BCUT2D eigenvalue weighted by atomic mass is 9.55. The Labute approximate surface area is 269 Å². The lowest BCUT2D eigenvalue weighted by Crippen LogP contribution is -2.64. The Balaban J connectivity index is 1.44. The molecular weight excluding hydrogens is 606 g/mol. The zero-order chi connectivity index (χ0) is 33.9. The molecule has 242 valence electrons. The topological polar surface area (TPSA) is 202 Å². The summed E-state index contributed by atoms with van der Waals surface area (Å²) in [6.07, 6.45) is -2.29. The van der Waals surface area contributed by atoms with Gasteiger partial charge in [-0.05, 0) is 27.8 Å². The number of ketones is 3. The highest BCUT2D eigenvalue weighted by Gasteiger charge is 2.66. The number of nitrogens with two attached hydrogens (primary N) is 1. The fourth-order valence-electron chi connectivity index (χ4n) is 7.48. The average Bonchev–Trinajstić information content (AvgIpc) is 3.03. The molecule has 0 bridgehead atoms. The van der Waals surface area contributed by atoms with Crippen molar-refractivity contribution in [1.82, 2.24) is 0 Å². The zero-order valence-corrected chi connectivity index (χ0v) is 25.6. The van der Waals surface area contributed by atoms with Gasteiger partial charge in [0.25, 0.3) is 5.91 Å². The number of fused-ring (bicyclic) bond motifs is 4. The summed E-state index contributed by atoms with van der Waals surface area (Å²) in [6.45, 7) is 3.19. The van der Waals surface area contributed by atoms with E-state index in [0.29, 0.717) is 5.56 Å². The van der Waals surface area contributed by atoms with Crippen LogP contribution in [0.1, 0.15) is 54.9 Å². The Morgan fingerprint density at radius 1 is 0.957 bits per heavy atom. The van der Waals surface area contributed by atoms with Crippen LogP contribution in [-0.4, -0.2) is 61.4 Å². The minimum absolute atomic E-state index is 0.0767. The second-order valence-electron chi connectivity index (χ2n) is 12.4. The number of rotatable bonds is 7. The third-order valence-corrected chi connectivity index (χ3v) is 9.77. The van der Waals surface area contributed by atoms with Gasteiger partial charge in [-0.1, -0.05) is 68.4 Å². The van der Waals surface area contributed by atoms with Gasteiger partial charge >= 0.3 is 5.97 Å². The summed E-state index contributed by atoms with van der Waals surface area (Å²) >= 11 is 0. The molecule has 5 unspecified atom stereocenters. The number of aliphatic hydroxyl groups excluding tert-OH is 2. The summed E-state index contributed by atoms with van der Waals surface area (Å²) in [6, 6.07) is 16.4. The molecule has 11 nitrogen and oxygen atoms in total. The molecule has 47 heavy (non-hydrogen) atoms. The molecule has 1 saturated carbocycles. The maximum atomic E-state index is 14.2. The molecule has 1 fully saturated rings. The Morgan fingerprint density at radius 2 is 1.64 bits per heavy atom. The molecule has 11 heteroatoms. The van der Waals surface area contributed by atoms with Gasteiger partial charge in [0.1, 0.15) is 34.7 Å². The highest BCUT2D eigenvalue weighted by molar-refractivity contribution is 6.23. The lowest BCUT2D eigenvalue weighted by Gasteiger charge is -2.51. The number of ether oxygens (including phenoxy) is 1. The maximum absolute atomic E-state index is 14.2. The number of aromatic hydroxyl groups is 1. The average molecular weight is 640 g/mol. The van der Waals surface area contributed by atoms with Crippen molar-refractivity contribution in [2.45, 2.75) is 57.2 Å². The molecule has 0 aromatic heterocycles. The molecule has 6 rings (SSSR count). The van der Waals surface area contributed by atoms with Gasteiger partial charge in [-0.25, -0.2) is 0 Å². The van der Waals surface area contributed by atoms with Crippen molar-refractivity contribution in [3.63, 3.8) is 0 Å². The van der Waals surface area contributed by atoms with Gasteiger partial charge in [-0.2, -0.15) is 0 Å². The van der Waals surface area contributed by atoms with Crippen LogP contribution in [0.15, 0.2) is 71.5 Å². The molecule has 1 amide bonds. The third-order valence-electron chi connectivity index (χ3n) is 9.77.